The third-order valence-electron chi connectivity index (χ3n) is 1.74. The molecule has 13 heavy (non-hydrogen) atoms. The number of hydrogen-bond acceptors (Lipinski definition) is 3. The predicted octanol–water partition coefficient (Wildman–Crippen LogP) is 0.268. The second-order valence-corrected chi connectivity index (χ2v) is 5.50. The maximum Gasteiger partial charge on any atom is 0.213 e. The molecule has 0 fully saturated rings. The van der Waals surface area contributed by atoms with Crippen LogP contribution in [0.2, 0.25) is 0 Å². The molecule has 0 heterocycles. The van der Waals surface area contributed by atoms with Gasteiger partial charge in [0.1, 0.15) is 0 Å². The molecule has 0 saturated heterocycles. The van der Waals surface area contributed by atoms with Crippen molar-refractivity contribution in [2.45, 2.75) is 19.8 Å². The van der Waals surface area contributed by atoms with Crippen LogP contribution < -0.4 is 5.32 Å². The summed E-state index contributed by atoms with van der Waals surface area (Å²) in [6.07, 6.45) is 1.76. The Kier molecular flexibility index (Phi) is 6.28. The molecule has 0 aromatic heterocycles. The topological polar surface area (TPSA) is 49.4 Å². The van der Waals surface area contributed by atoms with E-state index in [1.807, 2.05) is 0 Å². The van der Waals surface area contributed by atoms with Gasteiger partial charge < -0.3 is 5.32 Å². The van der Waals surface area contributed by atoms with E-state index in [1.54, 1.807) is 14.1 Å². The molecule has 5 heteroatoms. The van der Waals surface area contributed by atoms with Gasteiger partial charge in [-0.3, -0.25) is 0 Å². The molecular weight excluding hydrogens is 188 g/mol. The maximum atomic E-state index is 11.3. The van der Waals surface area contributed by atoms with E-state index in [0.29, 0.717) is 6.42 Å². The Bertz CT molecular complexity index is 212. The third kappa shape index (κ3) is 6.01. The highest BCUT2D eigenvalue weighted by Gasteiger charge is 2.11. The summed E-state index contributed by atoms with van der Waals surface area (Å²) in [5, 5.41) is 3.16. The monoisotopic (exact) mass is 208 g/mol. The molecule has 0 bridgehead atoms. The van der Waals surface area contributed by atoms with Crippen molar-refractivity contribution in [3.8, 4) is 0 Å². The molecule has 0 saturated carbocycles. The molecule has 0 aromatic rings. The van der Waals surface area contributed by atoms with E-state index in [9.17, 15) is 8.42 Å². The Morgan fingerprint density at radius 1 is 1.23 bits per heavy atom. The van der Waals surface area contributed by atoms with Crippen molar-refractivity contribution < 1.29 is 8.42 Å². The van der Waals surface area contributed by atoms with Gasteiger partial charge in [0.05, 0.1) is 5.75 Å². The highest BCUT2D eigenvalue weighted by atomic mass is 32.2. The fraction of sp³-hybridized carbons (Fsp3) is 1.00. The van der Waals surface area contributed by atoms with Crippen LogP contribution in [0.15, 0.2) is 0 Å². The zero-order valence-corrected chi connectivity index (χ0v) is 9.52. The van der Waals surface area contributed by atoms with Gasteiger partial charge in [-0.2, -0.15) is 0 Å². The lowest BCUT2D eigenvalue weighted by Gasteiger charge is -2.10. The van der Waals surface area contributed by atoms with Gasteiger partial charge in [-0.25, -0.2) is 12.7 Å². The van der Waals surface area contributed by atoms with Crippen LogP contribution in [0, 0.1) is 0 Å². The smallest absolute Gasteiger partial charge is 0.213 e. The molecule has 0 radical (unpaired) electrons. The fourth-order valence-electron chi connectivity index (χ4n) is 0.864. The molecule has 80 valence electrons. The van der Waals surface area contributed by atoms with Gasteiger partial charge >= 0.3 is 0 Å². The van der Waals surface area contributed by atoms with Crippen LogP contribution in [0.5, 0.6) is 0 Å². The first kappa shape index (κ1) is 12.9. The lowest BCUT2D eigenvalue weighted by Crippen LogP contribution is -2.27. The largest absolute Gasteiger partial charge is 0.317 e. The number of rotatable bonds is 7. The molecule has 1 N–H and O–H groups in total. The minimum Gasteiger partial charge on any atom is -0.317 e. The predicted molar refractivity (Wildman–Crippen MR) is 55.3 cm³/mol. The summed E-state index contributed by atoms with van der Waals surface area (Å²) in [4.78, 5) is 0. The van der Waals surface area contributed by atoms with E-state index < -0.39 is 10.0 Å². The van der Waals surface area contributed by atoms with E-state index in [2.05, 4.69) is 12.2 Å². The number of hydrogen-bond donors (Lipinski definition) is 1. The van der Waals surface area contributed by atoms with Crippen LogP contribution in [0.1, 0.15) is 19.8 Å². The Hall–Kier alpha value is -0.130. The maximum absolute atomic E-state index is 11.3. The highest BCUT2D eigenvalue weighted by Crippen LogP contribution is 1.95. The van der Waals surface area contributed by atoms with Crippen LogP contribution in [-0.2, 0) is 10.0 Å². The number of nitrogens with one attached hydrogen (secondary N) is 1. The summed E-state index contributed by atoms with van der Waals surface area (Å²) < 4.78 is 23.8. The zero-order valence-electron chi connectivity index (χ0n) is 8.71. The Balaban J connectivity index is 3.53. The van der Waals surface area contributed by atoms with Crippen molar-refractivity contribution in [3.05, 3.63) is 0 Å². The van der Waals surface area contributed by atoms with Crippen LogP contribution >= 0.6 is 0 Å². The standard InChI is InChI=1S/C8H20N2O2S/c1-4-6-9-7-5-8-13(11,12)10(2)3/h9H,4-8H2,1-3H3. The molecule has 0 aliphatic carbocycles. The van der Waals surface area contributed by atoms with Crippen molar-refractivity contribution in [1.29, 1.82) is 0 Å². The first-order chi connectivity index (χ1) is 6.00. The average molecular weight is 208 g/mol. The second kappa shape index (κ2) is 6.34. The Morgan fingerprint density at radius 2 is 1.85 bits per heavy atom. The van der Waals surface area contributed by atoms with Crippen molar-refractivity contribution in [1.82, 2.24) is 9.62 Å². The quantitative estimate of drug-likeness (QED) is 0.611. The summed E-state index contributed by atoms with van der Waals surface area (Å²) in [5.41, 5.74) is 0. The summed E-state index contributed by atoms with van der Waals surface area (Å²) in [6, 6.07) is 0. The van der Waals surface area contributed by atoms with E-state index >= 15 is 0 Å². The number of nitrogens with zero attached hydrogens (tertiary/aromatic N) is 1. The number of sulfonamides is 1. The Morgan fingerprint density at radius 3 is 2.31 bits per heavy atom. The van der Waals surface area contributed by atoms with E-state index in [4.69, 9.17) is 0 Å². The lowest BCUT2D eigenvalue weighted by molar-refractivity contribution is 0.516. The third-order valence-corrected chi connectivity index (χ3v) is 3.66. The van der Waals surface area contributed by atoms with Crippen LogP contribution in [0.4, 0.5) is 0 Å². The molecule has 0 amide bonds. The molecule has 0 aromatic carbocycles. The zero-order chi connectivity index (χ0) is 10.3. The van der Waals surface area contributed by atoms with Crippen LogP contribution in [0.25, 0.3) is 0 Å². The molecule has 0 aliphatic rings. The molecule has 0 aliphatic heterocycles. The van der Waals surface area contributed by atoms with Gasteiger partial charge in [-0.15, -0.1) is 0 Å². The minimum absolute atomic E-state index is 0.233. The first-order valence-electron chi connectivity index (χ1n) is 4.61. The van der Waals surface area contributed by atoms with Crippen molar-refractivity contribution >= 4 is 10.0 Å². The van der Waals surface area contributed by atoms with Crippen LogP contribution in [0.3, 0.4) is 0 Å². The van der Waals surface area contributed by atoms with E-state index in [0.717, 1.165) is 19.5 Å². The lowest BCUT2D eigenvalue weighted by atomic mass is 10.4. The second-order valence-electron chi connectivity index (χ2n) is 3.20. The average Bonchev–Trinajstić information content (AvgIpc) is 2.03. The van der Waals surface area contributed by atoms with Crippen molar-refractivity contribution in [2.75, 3.05) is 32.9 Å². The molecular formula is C8H20N2O2S. The van der Waals surface area contributed by atoms with Gasteiger partial charge in [0.15, 0.2) is 0 Å². The molecule has 0 spiro atoms. The minimum atomic E-state index is -2.99. The van der Waals surface area contributed by atoms with Crippen LogP contribution in [-0.4, -0.2) is 45.7 Å². The summed E-state index contributed by atoms with van der Waals surface area (Å²) in [6.45, 7) is 3.83. The van der Waals surface area contributed by atoms with Crippen molar-refractivity contribution in [2.24, 2.45) is 0 Å². The van der Waals surface area contributed by atoms with Gasteiger partial charge in [-0.05, 0) is 25.9 Å². The van der Waals surface area contributed by atoms with E-state index in [-0.39, 0.29) is 5.75 Å². The molecule has 0 atom stereocenters. The van der Waals surface area contributed by atoms with Gasteiger partial charge in [0.2, 0.25) is 10.0 Å². The van der Waals surface area contributed by atoms with Gasteiger partial charge in [0.25, 0.3) is 0 Å². The molecule has 4 nitrogen and oxygen atoms in total. The fourth-order valence-corrected chi connectivity index (χ4v) is 1.74. The van der Waals surface area contributed by atoms with Crippen molar-refractivity contribution in [3.63, 3.8) is 0 Å². The van der Waals surface area contributed by atoms with E-state index in [1.165, 1.54) is 4.31 Å². The summed E-state index contributed by atoms with van der Waals surface area (Å²) in [5.74, 6) is 0.233. The highest BCUT2D eigenvalue weighted by molar-refractivity contribution is 7.89. The summed E-state index contributed by atoms with van der Waals surface area (Å²) >= 11 is 0. The molecule has 0 unspecified atom stereocenters. The molecule has 0 rings (SSSR count). The first-order valence-corrected chi connectivity index (χ1v) is 6.22. The normalized spacial score (nSPS) is 12.3. The summed E-state index contributed by atoms with van der Waals surface area (Å²) in [7, 11) is 0.137. The van der Waals surface area contributed by atoms with Gasteiger partial charge in [-0.1, -0.05) is 6.92 Å². The SMILES string of the molecule is CCCNCCCS(=O)(=O)N(C)C. The van der Waals surface area contributed by atoms with Gasteiger partial charge in [0, 0.05) is 14.1 Å². The Labute approximate surface area is 81.4 Å².